The summed E-state index contributed by atoms with van der Waals surface area (Å²) in [6, 6.07) is 9.34. The number of nitrogens with zero attached hydrogens (tertiary/aromatic N) is 2. The van der Waals surface area contributed by atoms with E-state index in [0.717, 1.165) is 22.1 Å². The number of carbonyl (C=O) groups excluding carboxylic acids is 1. The van der Waals surface area contributed by atoms with Crippen LogP contribution in [-0.2, 0) is 0 Å². The standard InChI is InChI=1S/C14H18N2OS4/c1-2-3-9-20-21(18)11-15-16-14(21)19-10-13(17)12-7-5-4-6-8-12/h4-8,11,18H,2-3,9-10H2,1H3. The van der Waals surface area contributed by atoms with Gasteiger partial charge in [0.05, 0.1) is 11.3 Å². The summed E-state index contributed by atoms with van der Waals surface area (Å²) in [4.78, 5) is 12.1. The van der Waals surface area contributed by atoms with Gasteiger partial charge in [0.2, 0.25) is 0 Å². The number of carbonyl (C=O) groups is 1. The number of unbranched alkanes of at least 4 members (excludes halogenated alkanes) is 1. The fourth-order valence-corrected chi connectivity index (χ4v) is 8.42. The van der Waals surface area contributed by atoms with E-state index in [1.165, 1.54) is 18.2 Å². The van der Waals surface area contributed by atoms with Gasteiger partial charge in [-0.15, -0.1) is 16.8 Å². The lowest BCUT2D eigenvalue weighted by molar-refractivity contribution is 0.102. The summed E-state index contributed by atoms with van der Waals surface area (Å²) >= 11 is 6.24. The van der Waals surface area contributed by atoms with E-state index >= 15 is 0 Å². The molecular weight excluding hydrogens is 340 g/mol. The van der Waals surface area contributed by atoms with Crippen molar-refractivity contribution in [3.8, 4) is 0 Å². The molecule has 1 aliphatic heterocycles. The van der Waals surface area contributed by atoms with E-state index in [-0.39, 0.29) is 5.78 Å². The minimum Gasteiger partial charge on any atom is -0.293 e. The second kappa shape index (κ2) is 8.31. The average Bonchev–Trinajstić information content (AvgIpc) is 2.87. The van der Waals surface area contributed by atoms with E-state index in [1.807, 2.05) is 35.9 Å². The number of thiol groups is 1. The molecule has 3 nitrogen and oxygen atoms in total. The number of Topliss-reactive ketones (excluding diaryl/α,β-unsaturated/α-hetero) is 1. The lowest BCUT2D eigenvalue weighted by atomic mass is 10.2. The molecule has 0 bridgehead atoms. The number of thioether (sulfide) groups is 1. The van der Waals surface area contributed by atoms with Gasteiger partial charge in [0.25, 0.3) is 0 Å². The van der Waals surface area contributed by atoms with E-state index in [0.29, 0.717) is 5.75 Å². The smallest absolute Gasteiger partial charge is 0.173 e. The topological polar surface area (TPSA) is 41.8 Å². The Bertz CT molecular complexity index is 547. The molecule has 0 saturated heterocycles. The molecule has 0 fully saturated rings. The molecule has 1 aromatic carbocycles. The van der Waals surface area contributed by atoms with Gasteiger partial charge in [-0.05, 0) is 6.42 Å². The number of hydrogen-bond acceptors (Lipinski definition) is 6. The molecule has 1 aliphatic rings. The second-order valence-corrected chi connectivity index (χ2v) is 12.8. The van der Waals surface area contributed by atoms with Crippen LogP contribution in [0.2, 0.25) is 0 Å². The molecule has 0 N–H and O–H groups in total. The van der Waals surface area contributed by atoms with Gasteiger partial charge in [-0.2, -0.15) is 5.10 Å². The summed E-state index contributed by atoms with van der Waals surface area (Å²) in [5, 5.41) is 8.19. The maximum absolute atomic E-state index is 12.1. The maximum atomic E-state index is 12.1. The van der Waals surface area contributed by atoms with Crippen molar-refractivity contribution in [3.63, 3.8) is 0 Å². The van der Waals surface area contributed by atoms with Gasteiger partial charge in [-0.1, -0.05) is 74.3 Å². The molecule has 21 heavy (non-hydrogen) atoms. The fraction of sp³-hybridized carbons (Fsp3) is 0.357. The first-order valence-electron chi connectivity index (χ1n) is 6.68. The zero-order valence-electron chi connectivity index (χ0n) is 11.8. The minimum absolute atomic E-state index is 0.115. The van der Waals surface area contributed by atoms with Crippen LogP contribution in [0, 0.1) is 0 Å². The highest BCUT2D eigenvalue weighted by atomic mass is 33.5. The minimum atomic E-state index is -1.41. The van der Waals surface area contributed by atoms with E-state index in [9.17, 15) is 4.79 Å². The fourth-order valence-electron chi connectivity index (χ4n) is 1.60. The third kappa shape index (κ3) is 4.81. The van der Waals surface area contributed by atoms with Crippen LogP contribution in [0.5, 0.6) is 0 Å². The predicted molar refractivity (Wildman–Crippen MR) is 103 cm³/mol. The molecule has 1 aromatic rings. The highest BCUT2D eigenvalue weighted by Crippen LogP contribution is 2.67. The molecule has 0 saturated carbocycles. The van der Waals surface area contributed by atoms with Crippen LogP contribution in [0.15, 0.2) is 40.5 Å². The van der Waals surface area contributed by atoms with Crippen LogP contribution in [0.4, 0.5) is 0 Å². The summed E-state index contributed by atoms with van der Waals surface area (Å²) in [6.07, 6.45) is 2.33. The molecule has 7 heteroatoms. The first-order chi connectivity index (χ1) is 10.2. The van der Waals surface area contributed by atoms with Crippen molar-refractivity contribution < 1.29 is 4.79 Å². The van der Waals surface area contributed by atoms with Crippen LogP contribution in [0.1, 0.15) is 30.1 Å². The summed E-state index contributed by atoms with van der Waals surface area (Å²) in [5.74, 6) is 1.55. The van der Waals surface area contributed by atoms with Crippen LogP contribution >= 0.6 is 42.3 Å². The normalized spacial score (nSPS) is 23.6. The lowest BCUT2D eigenvalue weighted by Crippen LogP contribution is -2.06. The Morgan fingerprint density at radius 1 is 1.33 bits per heavy atom. The van der Waals surface area contributed by atoms with Crippen molar-refractivity contribution >= 4 is 58.0 Å². The Morgan fingerprint density at radius 3 is 2.81 bits per heavy atom. The second-order valence-electron chi connectivity index (χ2n) is 4.41. The first-order valence-corrected chi connectivity index (χ1v) is 11.9. The molecule has 0 aromatic heterocycles. The van der Waals surface area contributed by atoms with Gasteiger partial charge < -0.3 is 0 Å². The molecule has 114 valence electrons. The van der Waals surface area contributed by atoms with Gasteiger partial charge in [-0.3, -0.25) is 4.79 Å². The maximum Gasteiger partial charge on any atom is 0.173 e. The monoisotopic (exact) mass is 358 g/mol. The van der Waals surface area contributed by atoms with Crippen LogP contribution in [0.25, 0.3) is 0 Å². The number of hydrogen-bond donors (Lipinski definition) is 1. The van der Waals surface area contributed by atoms with E-state index in [1.54, 1.807) is 10.8 Å². The summed E-state index contributed by atoms with van der Waals surface area (Å²) in [7, 11) is 0.387. The molecular formula is C14H18N2OS4. The van der Waals surface area contributed by atoms with Crippen molar-refractivity contribution in [3.05, 3.63) is 35.9 Å². The van der Waals surface area contributed by atoms with Gasteiger partial charge >= 0.3 is 0 Å². The molecule has 0 radical (unpaired) electrons. The third-order valence-corrected chi connectivity index (χ3v) is 11.2. The third-order valence-electron chi connectivity index (χ3n) is 2.76. The van der Waals surface area contributed by atoms with Gasteiger partial charge in [-0.25, -0.2) is 0 Å². The van der Waals surface area contributed by atoms with Crippen molar-refractivity contribution in [2.75, 3.05) is 11.5 Å². The van der Waals surface area contributed by atoms with Gasteiger partial charge in [0.15, 0.2) is 10.2 Å². The summed E-state index contributed by atoms with van der Waals surface area (Å²) in [5.41, 5.74) is 2.58. The Balaban J connectivity index is 1.89. The van der Waals surface area contributed by atoms with Crippen molar-refractivity contribution in [1.82, 2.24) is 0 Å². The molecule has 1 atom stereocenters. The number of benzene rings is 1. The Hall–Kier alpha value is -0.370. The largest absolute Gasteiger partial charge is 0.293 e. The van der Waals surface area contributed by atoms with Gasteiger partial charge in [0.1, 0.15) is 0 Å². The number of ketones is 1. The zero-order valence-corrected chi connectivity index (χ0v) is 15.1. The summed E-state index contributed by atoms with van der Waals surface area (Å²) < 4.78 is 0.885. The van der Waals surface area contributed by atoms with E-state index < -0.39 is 8.09 Å². The SMILES string of the molecule is CCCCSS1(S)C=NN=C1SCC(=O)c1ccccc1. The van der Waals surface area contributed by atoms with Crippen LogP contribution in [-0.4, -0.2) is 27.2 Å². The lowest BCUT2D eigenvalue weighted by Gasteiger charge is -2.25. The van der Waals surface area contributed by atoms with Crippen LogP contribution < -0.4 is 0 Å². The Morgan fingerprint density at radius 2 is 2.10 bits per heavy atom. The van der Waals surface area contributed by atoms with Crippen molar-refractivity contribution in [1.29, 1.82) is 0 Å². The molecule has 2 rings (SSSR count). The quantitative estimate of drug-likeness (QED) is 0.322. The van der Waals surface area contributed by atoms with E-state index in [4.69, 9.17) is 11.7 Å². The molecule has 0 aliphatic carbocycles. The van der Waals surface area contributed by atoms with Crippen molar-refractivity contribution in [2.45, 2.75) is 19.8 Å². The van der Waals surface area contributed by atoms with Gasteiger partial charge in [0, 0.05) is 11.3 Å². The first kappa shape index (κ1) is 17.0. The molecule has 1 heterocycles. The zero-order chi connectivity index (χ0) is 15.1. The summed E-state index contributed by atoms with van der Waals surface area (Å²) in [6.45, 7) is 2.17. The highest BCUT2D eigenvalue weighted by molar-refractivity contribution is 9.32. The predicted octanol–water partition coefficient (Wildman–Crippen LogP) is 5.01. The average molecular weight is 359 g/mol. The van der Waals surface area contributed by atoms with Crippen molar-refractivity contribution in [2.24, 2.45) is 10.2 Å². The highest BCUT2D eigenvalue weighted by Gasteiger charge is 2.30. The Labute approximate surface area is 140 Å². The number of rotatable bonds is 7. The van der Waals surface area contributed by atoms with E-state index in [2.05, 4.69) is 17.1 Å². The molecule has 0 amide bonds. The Kier molecular flexibility index (Phi) is 6.73. The molecule has 1 unspecified atom stereocenters. The molecule has 0 spiro atoms. The van der Waals surface area contributed by atoms with Crippen LogP contribution in [0.3, 0.4) is 0 Å².